The number of hydrogen-bond donors (Lipinski definition) is 1. The van der Waals surface area contributed by atoms with Crippen LogP contribution in [0, 0.1) is 17.6 Å². The van der Waals surface area contributed by atoms with Gasteiger partial charge in [-0.15, -0.1) is 0 Å². The van der Waals surface area contributed by atoms with E-state index in [-0.39, 0.29) is 24.4 Å². The van der Waals surface area contributed by atoms with Gasteiger partial charge in [0.05, 0.1) is 19.8 Å². The first kappa shape index (κ1) is 15.4. The molecule has 1 aliphatic carbocycles. The van der Waals surface area contributed by atoms with Crippen LogP contribution in [-0.4, -0.2) is 43.7 Å². The Morgan fingerprint density at radius 3 is 2.73 bits per heavy atom. The van der Waals surface area contributed by atoms with Crippen LogP contribution in [0.2, 0.25) is 0 Å². The Kier molecular flexibility index (Phi) is 4.69. The van der Waals surface area contributed by atoms with Gasteiger partial charge < -0.3 is 15.0 Å². The number of halogens is 2. The molecule has 1 aliphatic heterocycles. The van der Waals surface area contributed by atoms with Crippen molar-refractivity contribution in [3.8, 4) is 0 Å². The first-order valence-corrected chi connectivity index (χ1v) is 7.69. The standard InChI is InChI=1S/C16H20F2N2O2/c17-12-3-4-14(18)13(9-12)16(11-1-2-11)19-10-15(21)20-5-7-22-8-6-20/h3-4,9,11,16,19H,1-2,5-8,10H2. The summed E-state index contributed by atoms with van der Waals surface area (Å²) in [5.41, 5.74) is 0.317. The number of carbonyl (C=O) groups is 1. The maximum Gasteiger partial charge on any atom is 0.236 e. The van der Waals surface area contributed by atoms with Gasteiger partial charge in [-0.05, 0) is 37.0 Å². The predicted octanol–water partition coefficient (Wildman–Crippen LogP) is 1.86. The highest BCUT2D eigenvalue weighted by Gasteiger charge is 2.34. The summed E-state index contributed by atoms with van der Waals surface area (Å²) in [6.07, 6.45) is 1.94. The number of benzene rings is 1. The molecule has 0 bridgehead atoms. The van der Waals surface area contributed by atoms with Crippen LogP contribution in [-0.2, 0) is 9.53 Å². The van der Waals surface area contributed by atoms with Gasteiger partial charge in [-0.1, -0.05) is 0 Å². The lowest BCUT2D eigenvalue weighted by Gasteiger charge is -2.28. The monoisotopic (exact) mass is 310 g/mol. The lowest BCUT2D eigenvalue weighted by Crippen LogP contribution is -2.45. The Hall–Kier alpha value is -1.53. The van der Waals surface area contributed by atoms with E-state index in [1.54, 1.807) is 4.90 Å². The Balaban J connectivity index is 1.65. The molecule has 4 nitrogen and oxygen atoms in total. The predicted molar refractivity (Wildman–Crippen MR) is 77.2 cm³/mol. The zero-order valence-corrected chi connectivity index (χ0v) is 12.4. The summed E-state index contributed by atoms with van der Waals surface area (Å²) < 4.78 is 32.6. The van der Waals surface area contributed by atoms with Gasteiger partial charge in [-0.3, -0.25) is 4.79 Å². The summed E-state index contributed by atoms with van der Waals surface area (Å²) in [6, 6.07) is 3.18. The molecule has 1 atom stereocenters. The Labute approximate surface area is 128 Å². The molecule has 1 saturated heterocycles. The first-order valence-electron chi connectivity index (χ1n) is 7.69. The van der Waals surface area contributed by atoms with Crippen LogP contribution in [0.1, 0.15) is 24.4 Å². The highest BCUT2D eigenvalue weighted by molar-refractivity contribution is 5.78. The van der Waals surface area contributed by atoms with Gasteiger partial charge in [-0.2, -0.15) is 0 Å². The van der Waals surface area contributed by atoms with Crippen molar-refractivity contribution >= 4 is 5.91 Å². The molecule has 0 radical (unpaired) electrons. The highest BCUT2D eigenvalue weighted by Crippen LogP contribution is 2.41. The summed E-state index contributed by atoms with van der Waals surface area (Å²) >= 11 is 0. The summed E-state index contributed by atoms with van der Waals surface area (Å²) in [5.74, 6) is -0.632. The number of amides is 1. The number of nitrogens with one attached hydrogen (secondary N) is 1. The van der Waals surface area contributed by atoms with E-state index in [0.717, 1.165) is 25.0 Å². The molecular formula is C16H20F2N2O2. The van der Waals surface area contributed by atoms with Gasteiger partial charge in [-0.25, -0.2) is 8.78 Å². The first-order chi connectivity index (χ1) is 10.6. The van der Waals surface area contributed by atoms with E-state index < -0.39 is 11.6 Å². The van der Waals surface area contributed by atoms with E-state index in [9.17, 15) is 13.6 Å². The molecular weight excluding hydrogens is 290 g/mol. The van der Waals surface area contributed by atoms with Gasteiger partial charge in [0.15, 0.2) is 0 Å². The quantitative estimate of drug-likeness (QED) is 0.903. The van der Waals surface area contributed by atoms with Crippen molar-refractivity contribution in [2.75, 3.05) is 32.8 Å². The number of nitrogens with zero attached hydrogens (tertiary/aromatic N) is 1. The van der Waals surface area contributed by atoms with Crippen molar-refractivity contribution in [2.45, 2.75) is 18.9 Å². The summed E-state index contributed by atoms with van der Waals surface area (Å²) in [6.45, 7) is 2.41. The van der Waals surface area contributed by atoms with Crippen molar-refractivity contribution in [3.05, 3.63) is 35.4 Å². The van der Waals surface area contributed by atoms with Gasteiger partial charge in [0.25, 0.3) is 0 Å². The number of rotatable bonds is 5. The number of ether oxygens (including phenoxy) is 1. The largest absolute Gasteiger partial charge is 0.378 e. The maximum atomic E-state index is 14.0. The van der Waals surface area contributed by atoms with Crippen molar-refractivity contribution < 1.29 is 18.3 Å². The number of hydrogen-bond acceptors (Lipinski definition) is 3. The number of morpholine rings is 1. The number of carbonyl (C=O) groups excluding carboxylic acids is 1. The van der Waals surface area contributed by atoms with Crippen LogP contribution in [0.25, 0.3) is 0 Å². The van der Waals surface area contributed by atoms with Crippen LogP contribution in [0.15, 0.2) is 18.2 Å². The summed E-state index contributed by atoms with van der Waals surface area (Å²) in [4.78, 5) is 13.9. The molecule has 0 aromatic heterocycles. The highest BCUT2D eigenvalue weighted by atomic mass is 19.1. The Morgan fingerprint density at radius 2 is 2.05 bits per heavy atom. The van der Waals surface area contributed by atoms with E-state index >= 15 is 0 Å². The fourth-order valence-electron chi connectivity index (χ4n) is 2.83. The van der Waals surface area contributed by atoms with Crippen molar-refractivity contribution in [2.24, 2.45) is 5.92 Å². The molecule has 22 heavy (non-hydrogen) atoms. The van der Waals surface area contributed by atoms with Crippen LogP contribution < -0.4 is 5.32 Å². The smallest absolute Gasteiger partial charge is 0.236 e. The summed E-state index contributed by atoms with van der Waals surface area (Å²) in [7, 11) is 0. The lowest BCUT2D eigenvalue weighted by molar-refractivity contribution is -0.134. The molecule has 1 aromatic rings. The van der Waals surface area contributed by atoms with Gasteiger partial charge in [0.2, 0.25) is 5.91 Å². The minimum absolute atomic E-state index is 0.0224. The zero-order chi connectivity index (χ0) is 15.5. The van der Waals surface area contributed by atoms with Crippen LogP contribution >= 0.6 is 0 Å². The second kappa shape index (κ2) is 6.71. The Bertz CT molecular complexity index is 543. The summed E-state index contributed by atoms with van der Waals surface area (Å²) in [5, 5.41) is 3.12. The molecule has 1 unspecified atom stereocenters. The van der Waals surface area contributed by atoms with Crippen LogP contribution in [0.3, 0.4) is 0 Å². The molecule has 1 amide bonds. The molecule has 1 saturated carbocycles. The van der Waals surface area contributed by atoms with E-state index in [1.807, 2.05) is 0 Å². The maximum absolute atomic E-state index is 14.0. The second-order valence-electron chi connectivity index (χ2n) is 5.85. The molecule has 1 N–H and O–H groups in total. The molecule has 1 aromatic carbocycles. The molecule has 2 fully saturated rings. The third-order valence-electron chi connectivity index (χ3n) is 4.22. The van der Waals surface area contributed by atoms with Gasteiger partial charge >= 0.3 is 0 Å². The third kappa shape index (κ3) is 3.62. The van der Waals surface area contributed by atoms with E-state index in [2.05, 4.69) is 5.32 Å². The van der Waals surface area contributed by atoms with Crippen LogP contribution in [0.5, 0.6) is 0 Å². The zero-order valence-electron chi connectivity index (χ0n) is 12.4. The fourth-order valence-corrected chi connectivity index (χ4v) is 2.83. The molecule has 1 heterocycles. The van der Waals surface area contributed by atoms with Crippen LogP contribution in [0.4, 0.5) is 8.78 Å². The second-order valence-corrected chi connectivity index (χ2v) is 5.85. The third-order valence-corrected chi connectivity index (χ3v) is 4.22. The molecule has 0 spiro atoms. The Morgan fingerprint density at radius 1 is 1.32 bits per heavy atom. The minimum atomic E-state index is -0.455. The lowest BCUT2D eigenvalue weighted by atomic mass is 10.0. The van der Waals surface area contributed by atoms with E-state index in [0.29, 0.717) is 31.9 Å². The average Bonchev–Trinajstić information content (AvgIpc) is 3.36. The fraction of sp³-hybridized carbons (Fsp3) is 0.562. The average molecular weight is 310 g/mol. The minimum Gasteiger partial charge on any atom is -0.378 e. The topological polar surface area (TPSA) is 41.6 Å². The van der Waals surface area contributed by atoms with Crippen molar-refractivity contribution in [1.82, 2.24) is 10.2 Å². The van der Waals surface area contributed by atoms with E-state index in [1.165, 1.54) is 6.07 Å². The van der Waals surface area contributed by atoms with E-state index in [4.69, 9.17) is 4.74 Å². The SMILES string of the molecule is O=C(CNC(c1cc(F)ccc1F)C1CC1)N1CCOCC1. The van der Waals surface area contributed by atoms with Crippen molar-refractivity contribution in [3.63, 3.8) is 0 Å². The normalized spacial score (nSPS) is 20.0. The van der Waals surface area contributed by atoms with Gasteiger partial charge in [0, 0.05) is 24.7 Å². The molecule has 2 aliphatic rings. The van der Waals surface area contributed by atoms with Crippen molar-refractivity contribution in [1.29, 1.82) is 0 Å². The molecule has 120 valence electrons. The molecule has 3 rings (SSSR count). The van der Waals surface area contributed by atoms with Gasteiger partial charge in [0.1, 0.15) is 11.6 Å². The molecule has 6 heteroatoms.